The Labute approximate surface area is 233 Å². The van der Waals surface area contributed by atoms with Crippen molar-refractivity contribution in [2.45, 2.75) is 25.3 Å². The van der Waals surface area contributed by atoms with Crippen LogP contribution >= 0.6 is 27.3 Å². The average Bonchev–Trinajstić information content (AvgIpc) is 3.24. The average molecular weight is 624 g/mol. The Bertz CT molecular complexity index is 1400. The summed E-state index contributed by atoms with van der Waals surface area (Å²) in [6, 6.07) is 16.2. The number of aryl methyl sites for hydroxylation is 1. The third-order valence-electron chi connectivity index (χ3n) is 6.14. The fourth-order valence-corrected chi connectivity index (χ4v) is 8.08. The molecule has 38 heavy (non-hydrogen) atoms. The summed E-state index contributed by atoms with van der Waals surface area (Å²) in [7, 11) is -3.70. The molecule has 202 valence electrons. The molecular formula is C26H27BrN2O7S2. The zero-order valence-corrected chi connectivity index (χ0v) is 23.5. The number of carboxylic acid groups (broad SMARTS) is 2. The van der Waals surface area contributed by atoms with Crippen molar-refractivity contribution in [2.24, 2.45) is 0 Å². The Hall–Kier alpha value is -2.93. The predicted octanol–water partition coefficient (Wildman–Crippen LogP) is 4.47. The molecule has 3 N–H and O–H groups in total. The summed E-state index contributed by atoms with van der Waals surface area (Å²) in [5.41, 5.74) is 2.02. The molecular weight excluding hydrogens is 596 g/mol. The lowest BCUT2D eigenvalue weighted by molar-refractivity contribution is -0.139. The number of hydrogen-bond donors (Lipinski definition) is 3. The highest BCUT2D eigenvalue weighted by Crippen LogP contribution is 2.46. The summed E-state index contributed by atoms with van der Waals surface area (Å²) >= 11 is 4.30. The van der Waals surface area contributed by atoms with Crippen LogP contribution in [0.1, 0.15) is 28.1 Å². The van der Waals surface area contributed by atoms with Crippen LogP contribution in [0.25, 0.3) is 10.4 Å². The zero-order valence-electron chi connectivity index (χ0n) is 20.3. The monoisotopic (exact) mass is 622 g/mol. The maximum absolute atomic E-state index is 13.8. The molecule has 3 aromatic rings. The van der Waals surface area contributed by atoms with Gasteiger partial charge in [0.05, 0.1) is 20.8 Å². The number of aromatic carboxylic acids is 1. The summed E-state index contributed by atoms with van der Waals surface area (Å²) in [6.45, 7) is 0.716. The van der Waals surface area contributed by atoms with E-state index < -0.39 is 28.6 Å². The SMILES string of the molecule is O=C(O)COc1c(C(=O)O)sc(-c2cccc(N(C3CCNCC3)S(=O)(=O)CCc3ccccc3)c2)c1Br. The van der Waals surface area contributed by atoms with Gasteiger partial charge in [0.25, 0.3) is 0 Å². The van der Waals surface area contributed by atoms with Gasteiger partial charge >= 0.3 is 11.9 Å². The van der Waals surface area contributed by atoms with E-state index in [0.29, 0.717) is 53.0 Å². The fourth-order valence-electron chi connectivity index (χ4n) is 4.40. The van der Waals surface area contributed by atoms with Crippen molar-refractivity contribution in [3.05, 3.63) is 69.5 Å². The number of piperidine rings is 1. The van der Waals surface area contributed by atoms with Crippen LogP contribution in [0.5, 0.6) is 5.75 Å². The molecule has 0 saturated carbocycles. The number of halogens is 1. The van der Waals surface area contributed by atoms with E-state index in [4.69, 9.17) is 9.84 Å². The van der Waals surface area contributed by atoms with Crippen LogP contribution in [0.4, 0.5) is 5.69 Å². The number of aliphatic carboxylic acids is 1. The van der Waals surface area contributed by atoms with E-state index in [0.717, 1.165) is 16.9 Å². The number of rotatable bonds is 11. The maximum Gasteiger partial charge on any atom is 0.349 e. The number of anilines is 1. The molecule has 4 rings (SSSR count). The second-order valence-electron chi connectivity index (χ2n) is 8.77. The highest BCUT2D eigenvalue weighted by Gasteiger charge is 2.32. The number of carbonyl (C=O) groups is 2. The Morgan fingerprint density at radius 2 is 1.79 bits per heavy atom. The number of sulfonamides is 1. The van der Waals surface area contributed by atoms with Crippen LogP contribution in [0.3, 0.4) is 0 Å². The van der Waals surface area contributed by atoms with Gasteiger partial charge in [0, 0.05) is 6.04 Å². The van der Waals surface area contributed by atoms with Crippen molar-refractivity contribution in [1.82, 2.24) is 5.32 Å². The van der Waals surface area contributed by atoms with Crippen LogP contribution in [0.2, 0.25) is 0 Å². The number of carboxylic acids is 2. The smallest absolute Gasteiger partial charge is 0.349 e. The Morgan fingerprint density at radius 1 is 1.08 bits per heavy atom. The largest absolute Gasteiger partial charge is 0.479 e. The van der Waals surface area contributed by atoms with Crippen LogP contribution in [-0.4, -0.2) is 62.1 Å². The minimum Gasteiger partial charge on any atom is -0.479 e. The summed E-state index contributed by atoms with van der Waals surface area (Å²) in [6.07, 6.45) is 1.70. The first kappa shape index (κ1) is 28.1. The van der Waals surface area contributed by atoms with Crippen molar-refractivity contribution in [1.29, 1.82) is 0 Å². The highest BCUT2D eigenvalue weighted by atomic mass is 79.9. The predicted molar refractivity (Wildman–Crippen MR) is 150 cm³/mol. The normalized spacial score (nSPS) is 14.2. The van der Waals surface area contributed by atoms with Gasteiger partial charge < -0.3 is 20.3 Å². The molecule has 2 aromatic carbocycles. The van der Waals surface area contributed by atoms with Gasteiger partial charge in [-0.3, -0.25) is 4.31 Å². The molecule has 1 aromatic heterocycles. The molecule has 1 saturated heterocycles. The van der Waals surface area contributed by atoms with Gasteiger partial charge in [-0.05, 0) is 71.5 Å². The van der Waals surface area contributed by atoms with Gasteiger partial charge in [0.2, 0.25) is 10.0 Å². The van der Waals surface area contributed by atoms with Crippen LogP contribution in [0, 0.1) is 0 Å². The molecule has 0 spiro atoms. The van der Waals surface area contributed by atoms with Crippen molar-refractivity contribution in [2.75, 3.05) is 29.8 Å². The maximum atomic E-state index is 13.8. The molecule has 1 aliphatic rings. The summed E-state index contributed by atoms with van der Waals surface area (Å²) in [5, 5.41) is 21.9. The third-order valence-corrected chi connectivity index (χ3v) is 10.2. The first-order valence-electron chi connectivity index (χ1n) is 11.9. The van der Waals surface area contributed by atoms with Crippen molar-refractivity contribution in [3.8, 4) is 16.2 Å². The number of ether oxygens (including phenoxy) is 1. The molecule has 0 amide bonds. The van der Waals surface area contributed by atoms with E-state index in [1.807, 2.05) is 30.3 Å². The van der Waals surface area contributed by atoms with Crippen molar-refractivity contribution >= 4 is 54.9 Å². The minimum absolute atomic E-state index is 0.0514. The molecule has 0 atom stereocenters. The lowest BCUT2D eigenvalue weighted by Crippen LogP contribution is -2.47. The molecule has 2 heterocycles. The molecule has 0 unspecified atom stereocenters. The van der Waals surface area contributed by atoms with E-state index in [1.165, 1.54) is 4.31 Å². The summed E-state index contributed by atoms with van der Waals surface area (Å²) in [4.78, 5) is 23.2. The standard InChI is InChI=1S/C26H27BrN2O7S2/c27-22-23(36-16-21(30)31)25(26(32)33)37-24(22)18-7-4-8-20(15-18)29(19-9-12-28-13-10-19)38(34,35)14-11-17-5-2-1-3-6-17/h1-8,15,19,28H,9-14,16H2,(H,30,31)(H,32,33). The quantitative estimate of drug-likeness (QED) is 0.285. The Kier molecular flexibility index (Phi) is 9.08. The van der Waals surface area contributed by atoms with E-state index in [1.54, 1.807) is 24.3 Å². The molecule has 1 fully saturated rings. The lowest BCUT2D eigenvalue weighted by Gasteiger charge is -2.35. The Balaban J connectivity index is 1.71. The first-order valence-corrected chi connectivity index (χ1v) is 15.2. The summed E-state index contributed by atoms with van der Waals surface area (Å²) in [5.74, 6) is -2.61. The van der Waals surface area contributed by atoms with Gasteiger partial charge in [-0.2, -0.15) is 0 Å². The van der Waals surface area contributed by atoms with E-state index in [-0.39, 0.29) is 22.4 Å². The van der Waals surface area contributed by atoms with Crippen LogP contribution < -0.4 is 14.4 Å². The molecule has 9 nitrogen and oxygen atoms in total. The molecule has 0 bridgehead atoms. The first-order chi connectivity index (χ1) is 18.2. The van der Waals surface area contributed by atoms with Gasteiger partial charge in [0.15, 0.2) is 17.2 Å². The zero-order chi connectivity index (χ0) is 27.3. The van der Waals surface area contributed by atoms with Gasteiger partial charge in [-0.25, -0.2) is 18.0 Å². The van der Waals surface area contributed by atoms with Crippen molar-refractivity contribution < 1.29 is 33.0 Å². The van der Waals surface area contributed by atoms with Crippen molar-refractivity contribution in [3.63, 3.8) is 0 Å². The number of thiophene rings is 1. The van der Waals surface area contributed by atoms with Gasteiger partial charge in [-0.15, -0.1) is 11.3 Å². The Morgan fingerprint density at radius 3 is 2.45 bits per heavy atom. The molecule has 1 aliphatic heterocycles. The van der Waals surface area contributed by atoms with Gasteiger partial charge in [0.1, 0.15) is 0 Å². The molecule has 0 radical (unpaired) electrons. The number of hydrogen-bond acceptors (Lipinski definition) is 7. The van der Waals surface area contributed by atoms with Crippen LogP contribution in [-0.2, 0) is 21.2 Å². The number of benzene rings is 2. The highest BCUT2D eigenvalue weighted by molar-refractivity contribution is 9.10. The van der Waals surface area contributed by atoms with Crippen LogP contribution in [0.15, 0.2) is 59.1 Å². The molecule has 12 heteroatoms. The minimum atomic E-state index is -3.70. The topological polar surface area (TPSA) is 133 Å². The number of nitrogens with one attached hydrogen (secondary N) is 1. The number of nitrogens with zero attached hydrogens (tertiary/aromatic N) is 1. The van der Waals surface area contributed by atoms with E-state index in [2.05, 4.69) is 21.2 Å². The lowest BCUT2D eigenvalue weighted by atomic mass is 10.1. The van der Waals surface area contributed by atoms with E-state index in [9.17, 15) is 23.1 Å². The second-order valence-corrected chi connectivity index (χ2v) is 12.5. The second kappa shape index (κ2) is 12.3. The van der Waals surface area contributed by atoms with E-state index >= 15 is 0 Å². The summed E-state index contributed by atoms with van der Waals surface area (Å²) < 4.78 is 34.6. The van der Waals surface area contributed by atoms with Gasteiger partial charge in [-0.1, -0.05) is 42.5 Å². The fraction of sp³-hybridized carbons (Fsp3) is 0.308. The third kappa shape index (κ3) is 6.55. The molecule has 0 aliphatic carbocycles.